The van der Waals surface area contributed by atoms with E-state index in [9.17, 15) is 0 Å². The number of nitrogen functional groups attached to an aromatic ring is 1. The summed E-state index contributed by atoms with van der Waals surface area (Å²) in [4.78, 5) is 4.26. The SMILES string of the molecule is Cc1ncn(Cc2ccc(Cl)cc2N)c1C. The first kappa shape index (κ1) is 11.0. The predicted octanol–water partition coefficient (Wildman–Crippen LogP) is 2.78. The molecule has 2 N–H and O–H groups in total. The first-order valence-electron chi connectivity index (χ1n) is 5.10. The molecule has 84 valence electrons. The molecule has 0 spiro atoms. The van der Waals surface area contributed by atoms with E-state index >= 15 is 0 Å². The number of aryl methyl sites for hydroxylation is 1. The Hall–Kier alpha value is -1.48. The molecular weight excluding hydrogens is 222 g/mol. The zero-order valence-electron chi connectivity index (χ0n) is 9.37. The standard InChI is InChI=1S/C12H14ClN3/c1-8-9(2)16(7-15-8)6-10-3-4-11(13)5-12(10)14/h3-5,7H,6,14H2,1-2H3. The van der Waals surface area contributed by atoms with E-state index in [1.165, 1.54) is 0 Å². The summed E-state index contributed by atoms with van der Waals surface area (Å²) in [6.45, 7) is 4.78. The minimum Gasteiger partial charge on any atom is -0.398 e. The zero-order valence-corrected chi connectivity index (χ0v) is 10.1. The van der Waals surface area contributed by atoms with E-state index < -0.39 is 0 Å². The second-order valence-corrected chi connectivity index (χ2v) is 4.32. The maximum atomic E-state index is 5.91. The highest BCUT2D eigenvalue weighted by Gasteiger charge is 2.05. The molecular formula is C12H14ClN3. The van der Waals surface area contributed by atoms with E-state index in [0.717, 1.165) is 29.2 Å². The summed E-state index contributed by atoms with van der Waals surface area (Å²) in [5.74, 6) is 0. The highest BCUT2D eigenvalue weighted by molar-refractivity contribution is 6.30. The topological polar surface area (TPSA) is 43.8 Å². The summed E-state index contributed by atoms with van der Waals surface area (Å²) >= 11 is 5.86. The third-order valence-corrected chi connectivity index (χ3v) is 3.03. The Morgan fingerprint density at radius 1 is 1.38 bits per heavy atom. The van der Waals surface area contributed by atoms with Gasteiger partial charge in [-0.3, -0.25) is 0 Å². The highest BCUT2D eigenvalue weighted by atomic mass is 35.5. The normalized spacial score (nSPS) is 10.7. The fourth-order valence-electron chi connectivity index (χ4n) is 1.60. The quantitative estimate of drug-likeness (QED) is 0.814. The summed E-state index contributed by atoms with van der Waals surface area (Å²) in [5.41, 5.74) is 9.90. The van der Waals surface area contributed by atoms with Crippen LogP contribution in [0.1, 0.15) is 17.0 Å². The Balaban J connectivity index is 2.30. The zero-order chi connectivity index (χ0) is 11.7. The number of halogens is 1. The first-order chi connectivity index (χ1) is 7.58. The van der Waals surface area contributed by atoms with Crippen LogP contribution >= 0.6 is 11.6 Å². The van der Waals surface area contributed by atoms with Crippen molar-refractivity contribution in [2.45, 2.75) is 20.4 Å². The number of anilines is 1. The molecule has 0 saturated heterocycles. The van der Waals surface area contributed by atoms with E-state index in [-0.39, 0.29) is 0 Å². The van der Waals surface area contributed by atoms with Gasteiger partial charge >= 0.3 is 0 Å². The van der Waals surface area contributed by atoms with E-state index in [1.807, 2.05) is 25.4 Å². The molecule has 16 heavy (non-hydrogen) atoms. The van der Waals surface area contributed by atoms with E-state index in [2.05, 4.69) is 16.5 Å². The molecule has 0 saturated carbocycles. The summed E-state index contributed by atoms with van der Waals surface area (Å²) in [6, 6.07) is 5.58. The minimum absolute atomic E-state index is 0.666. The Kier molecular flexibility index (Phi) is 2.88. The monoisotopic (exact) mass is 235 g/mol. The van der Waals surface area contributed by atoms with Crippen LogP contribution < -0.4 is 5.73 Å². The van der Waals surface area contributed by atoms with Crippen LogP contribution in [-0.4, -0.2) is 9.55 Å². The molecule has 2 rings (SSSR count). The maximum Gasteiger partial charge on any atom is 0.0954 e. The number of benzene rings is 1. The molecule has 0 atom stereocenters. The second kappa shape index (κ2) is 4.18. The number of rotatable bonds is 2. The van der Waals surface area contributed by atoms with Crippen molar-refractivity contribution in [1.29, 1.82) is 0 Å². The lowest BCUT2D eigenvalue weighted by molar-refractivity contribution is 0.770. The predicted molar refractivity (Wildman–Crippen MR) is 66.7 cm³/mol. The molecule has 1 heterocycles. The summed E-state index contributed by atoms with van der Waals surface area (Å²) < 4.78 is 2.08. The maximum absolute atomic E-state index is 5.91. The fraction of sp³-hybridized carbons (Fsp3) is 0.250. The average Bonchev–Trinajstić information content (AvgIpc) is 2.54. The van der Waals surface area contributed by atoms with Crippen molar-refractivity contribution in [2.24, 2.45) is 0 Å². The molecule has 1 aromatic heterocycles. The van der Waals surface area contributed by atoms with Crippen LogP contribution in [-0.2, 0) is 6.54 Å². The molecule has 0 fully saturated rings. The van der Waals surface area contributed by atoms with Crippen molar-refractivity contribution in [3.63, 3.8) is 0 Å². The van der Waals surface area contributed by atoms with Gasteiger partial charge in [-0.25, -0.2) is 4.98 Å². The molecule has 0 aliphatic heterocycles. The Morgan fingerprint density at radius 2 is 2.12 bits per heavy atom. The first-order valence-corrected chi connectivity index (χ1v) is 5.48. The van der Waals surface area contributed by atoms with Crippen LogP contribution in [0.25, 0.3) is 0 Å². The van der Waals surface area contributed by atoms with Crippen molar-refractivity contribution in [2.75, 3.05) is 5.73 Å². The van der Waals surface area contributed by atoms with Gasteiger partial charge in [0.25, 0.3) is 0 Å². The number of imidazole rings is 1. The van der Waals surface area contributed by atoms with Gasteiger partial charge in [0.05, 0.1) is 18.6 Å². The van der Waals surface area contributed by atoms with Crippen LogP contribution in [0.15, 0.2) is 24.5 Å². The van der Waals surface area contributed by atoms with Crippen molar-refractivity contribution < 1.29 is 0 Å². The number of nitrogens with zero attached hydrogens (tertiary/aromatic N) is 2. The van der Waals surface area contributed by atoms with Gasteiger partial charge in [0.1, 0.15) is 0 Å². The molecule has 2 aromatic rings. The van der Waals surface area contributed by atoms with E-state index in [0.29, 0.717) is 5.02 Å². The van der Waals surface area contributed by atoms with Crippen LogP contribution in [0, 0.1) is 13.8 Å². The average molecular weight is 236 g/mol. The van der Waals surface area contributed by atoms with Gasteiger partial charge in [-0.05, 0) is 31.5 Å². The smallest absolute Gasteiger partial charge is 0.0954 e. The molecule has 0 unspecified atom stereocenters. The van der Waals surface area contributed by atoms with Gasteiger partial charge < -0.3 is 10.3 Å². The molecule has 0 aliphatic carbocycles. The second-order valence-electron chi connectivity index (χ2n) is 3.89. The van der Waals surface area contributed by atoms with Gasteiger partial charge in [-0.15, -0.1) is 0 Å². The number of hydrogen-bond acceptors (Lipinski definition) is 2. The molecule has 0 bridgehead atoms. The largest absolute Gasteiger partial charge is 0.398 e. The Bertz CT molecular complexity index is 517. The summed E-state index contributed by atoms with van der Waals surface area (Å²) in [5, 5.41) is 0.666. The van der Waals surface area contributed by atoms with Crippen LogP contribution in [0.3, 0.4) is 0 Å². The molecule has 1 aromatic carbocycles. The lowest BCUT2D eigenvalue weighted by atomic mass is 10.2. The van der Waals surface area contributed by atoms with Gasteiger partial charge in [-0.1, -0.05) is 17.7 Å². The van der Waals surface area contributed by atoms with E-state index in [4.69, 9.17) is 17.3 Å². The number of nitrogens with two attached hydrogens (primary N) is 1. The molecule has 3 nitrogen and oxygen atoms in total. The van der Waals surface area contributed by atoms with Crippen LogP contribution in [0.5, 0.6) is 0 Å². The van der Waals surface area contributed by atoms with Crippen molar-refractivity contribution in [1.82, 2.24) is 9.55 Å². The minimum atomic E-state index is 0.666. The van der Waals surface area contributed by atoms with Crippen LogP contribution in [0.2, 0.25) is 5.02 Å². The van der Waals surface area contributed by atoms with Gasteiger partial charge in [-0.2, -0.15) is 0 Å². The fourth-order valence-corrected chi connectivity index (χ4v) is 1.78. The molecule has 0 amide bonds. The lowest BCUT2D eigenvalue weighted by Gasteiger charge is -2.08. The van der Waals surface area contributed by atoms with Crippen LogP contribution in [0.4, 0.5) is 5.69 Å². The Morgan fingerprint density at radius 3 is 2.69 bits per heavy atom. The van der Waals surface area contributed by atoms with Gasteiger partial charge in [0, 0.05) is 16.4 Å². The lowest BCUT2D eigenvalue weighted by Crippen LogP contribution is -2.03. The Labute approximate surface area is 99.9 Å². The van der Waals surface area contributed by atoms with Gasteiger partial charge in [0.15, 0.2) is 0 Å². The number of aromatic nitrogens is 2. The third kappa shape index (κ3) is 2.04. The summed E-state index contributed by atoms with van der Waals surface area (Å²) in [7, 11) is 0. The molecule has 0 radical (unpaired) electrons. The molecule has 0 aliphatic rings. The third-order valence-electron chi connectivity index (χ3n) is 2.79. The van der Waals surface area contributed by atoms with Crippen molar-refractivity contribution in [3.05, 3.63) is 46.5 Å². The van der Waals surface area contributed by atoms with E-state index in [1.54, 1.807) is 6.07 Å². The summed E-state index contributed by atoms with van der Waals surface area (Å²) in [6.07, 6.45) is 1.83. The van der Waals surface area contributed by atoms with Crippen molar-refractivity contribution >= 4 is 17.3 Å². The van der Waals surface area contributed by atoms with Crippen molar-refractivity contribution in [3.8, 4) is 0 Å². The number of hydrogen-bond donors (Lipinski definition) is 1. The van der Waals surface area contributed by atoms with Gasteiger partial charge in [0.2, 0.25) is 0 Å². The highest BCUT2D eigenvalue weighted by Crippen LogP contribution is 2.19. The molecule has 4 heteroatoms.